The van der Waals surface area contributed by atoms with Gasteiger partial charge in [0.15, 0.2) is 0 Å². The Hall–Kier alpha value is -1.06. The van der Waals surface area contributed by atoms with Crippen molar-refractivity contribution in [1.82, 2.24) is 5.32 Å². The summed E-state index contributed by atoms with van der Waals surface area (Å²) in [5.41, 5.74) is 6.33. The van der Waals surface area contributed by atoms with Gasteiger partial charge in [-0.05, 0) is 70.0 Å². The van der Waals surface area contributed by atoms with Gasteiger partial charge in [-0.2, -0.15) is 0 Å². The first-order chi connectivity index (χ1) is 9.36. The molecule has 0 saturated carbocycles. The maximum atomic E-state index is 5.79. The Morgan fingerprint density at radius 2 is 1.65 bits per heavy atom. The number of benzene rings is 1. The maximum Gasteiger partial charge on any atom is 0.106 e. The summed E-state index contributed by atoms with van der Waals surface area (Å²) >= 11 is 3.60. The third-order valence-electron chi connectivity index (χ3n) is 4.05. The minimum absolute atomic E-state index is 0.166. The van der Waals surface area contributed by atoms with Gasteiger partial charge in [0.05, 0.1) is 6.04 Å². The van der Waals surface area contributed by atoms with E-state index in [2.05, 4.69) is 54.2 Å². The molecule has 0 fully saturated rings. The van der Waals surface area contributed by atoms with Crippen LogP contribution < -0.4 is 5.32 Å². The summed E-state index contributed by atoms with van der Waals surface area (Å²) in [5, 5.41) is 3.44. The minimum atomic E-state index is 0.166. The molecule has 0 aliphatic rings. The van der Waals surface area contributed by atoms with Crippen LogP contribution in [0.1, 0.15) is 45.4 Å². The van der Waals surface area contributed by atoms with Crippen molar-refractivity contribution in [2.45, 2.75) is 40.7 Å². The highest BCUT2D eigenvalue weighted by molar-refractivity contribution is 9.10. The van der Waals surface area contributed by atoms with E-state index in [4.69, 9.17) is 4.42 Å². The minimum Gasteiger partial charge on any atom is -0.466 e. The average Bonchev–Trinajstić information content (AvgIpc) is 2.63. The van der Waals surface area contributed by atoms with Crippen LogP contribution in [0, 0.1) is 34.6 Å². The lowest BCUT2D eigenvalue weighted by molar-refractivity contribution is 0.495. The second kappa shape index (κ2) is 5.74. The van der Waals surface area contributed by atoms with Crippen molar-refractivity contribution in [3.05, 3.63) is 55.9 Å². The average molecular weight is 336 g/mol. The third kappa shape index (κ3) is 2.57. The highest BCUT2D eigenvalue weighted by atomic mass is 79.9. The van der Waals surface area contributed by atoms with E-state index in [-0.39, 0.29) is 6.04 Å². The van der Waals surface area contributed by atoms with Crippen molar-refractivity contribution in [3.63, 3.8) is 0 Å². The molecule has 0 radical (unpaired) electrons. The monoisotopic (exact) mass is 335 g/mol. The van der Waals surface area contributed by atoms with E-state index in [0.29, 0.717) is 0 Å². The largest absolute Gasteiger partial charge is 0.466 e. The Bertz CT molecular complexity index is 643. The number of hydrogen-bond donors (Lipinski definition) is 1. The van der Waals surface area contributed by atoms with Crippen LogP contribution in [0.15, 0.2) is 21.0 Å². The van der Waals surface area contributed by atoms with Crippen molar-refractivity contribution in [1.29, 1.82) is 0 Å². The summed E-state index contributed by atoms with van der Waals surface area (Å²) in [6.45, 7) is 10.5. The van der Waals surface area contributed by atoms with E-state index in [1.54, 1.807) is 0 Å². The standard InChI is InChI=1S/C17H22BrNO/c1-9-8-15(18)10(2)7-14(9)17(19-6)16-11(3)12(4)20-13(16)5/h7-8,17,19H,1-6H3. The van der Waals surface area contributed by atoms with Crippen molar-refractivity contribution < 1.29 is 4.42 Å². The van der Waals surface area contributed by atoms with Crippen LogP contribution in [0.25, 0.3) is 0 Å². The quantitative estimate of drug-likeness (QED) is 0.863. The van der Waals surface area contributed by atoms with Gasteiger partial charge in [0.1, 0.15) is 11.5 Å². The van der Waals surface area contributed by atoms with E-state index in [9.17, 15) is 0 Å². The number of hydrogen-bond acceptors (Lipinski definition) is 2. The molecule has 0 saturated heterocycles. The fourth-order valence-corrected chi connectivity index (χ4v) is 3.26. The van der Waals surface area contributed by atoms with Gasteiger partial charge >= 0.3 is 0 Å². The summed E-state index contributed by atoms with van der Waals surface area (Å²) in [7, 11) is 2.00. The van der Waals surface area contributed by atoms with Crippen LogP contribution >= 0.6 is 15.9 Å². The molecule has 1 aromatic heterocycles. The summed E-state index contributed by atoms with van der Waals surface area (Å²) < 4.78 is 6.95. The Balaban J connectivity index is 2.61. The molecule has 20 heavy (non-hydrogen) atoms. The first-order valence-electron chi connectivity index (χ1n) is 6.87. The molecule has 1 N–H and O–H groups in total. The van der Waals surface area contributed by atoms with Crippen LogP contribution in [0.2, 0.25) is 0 Å². The van der Waals surface area contributed by atoms with Crippen LogP contribution in [0.3, 0.4) is 0 Å². The van der Waals surface area contributed by atoms with Gasteiger partial charge in [-0.1, -0.05) is 22.0 Å². The van der Waals surface area contributed by atoms with E-state index in [1.165, 1.54) is 27.8 Å². The number of halogens is 1. The van der Waals surface area contributed by atoms with E-state index < -0.39 is 0 Å². The molecule has 1 atom stereocenters. The summed E-state index contributed by atoms with van der Waals surface area (Å²) in [6, 6.07) is 4.60. The Labute approximate surface area is 129 Å². The molecule has 2 rings (SSSR count). The zero-order chi connectivity index (χ0) is 15.0. The van der Waals surface area contributed by atoms with Gasteiger partial charge in [0, 0.05) is 10.0 Å². The van der Waals surface area contributed by atoms with Gasteiger partial charge < -0.3 is 9.73 Å². The van der Waals surface area contributed by atoms with Gasteiger partial charge in [-0.3, -0.25) is 0 Å². The van der Waals surface area contributed by atoms with Gasteiger partial charge in [0.25, 0.3) is 0 Å². The lowest BCUT2D eigenvalue weighted by atomic mass is 9.91. The fraction of sp³-hybridized carbons (Fsp3) is 0.412. The van der Waals surface area contributed by atoms with Crippen molar-refractivity contribution in [2.24, 2.45) is 0 Å². The molecule has 1 heterocycles. The molecule has 0 bridgehead atoms. The number of nitrogens with one attached hydrogen (secondary N) is 1. The molecule has 1 unspecified atom stereocenters. The van der Waals surface area contributed by atoms with Crippen LogP contribution in [0.5, 0.6) is 0 Å². The smallest absolute Gasteiger partial charge is 0.106 e. The SMILES string of the molecule is CNC(c1cc(C)c(Br)cc1C)c1c(C)oc(C)c1C. The van der Waals surface area contributed by atoms with Crippen molar-refractivity contribution in [2.75, 3.05) is 7.05 Å². The topological polar surface area (TPSA) is 25.2 Å². The zero-order valence-electron chi connectivity index (χ0n) is 13.0. The lowest BCUT2D eigenvalue weighted by Crippen LogP contribution is -2.20. The molecular formula is C17H22BrNO. The van der Waals surface area contributed by atoms with Crippen LogP contribution in [0.4, 0.5) is 0 Å². The van der Waals surface area contributed by atoms with Crippen molar-refractivity contribution in [3.8, 4) is 0 Å². The molecule has 2 aromatic rings. The summed E-state index contributed by atoms with van der Waals surface area (Å²) in [6.07, 6.45) is 0. The summed E-state index contributed by atoms with van der Waals surface area (Å²) in [4.78, 5) is 0. The molecule has 3 heteroatoms. The summed E-state index contributed by atoms with van der Waals surface area (Å²) in [5.74, 6) is 2.00. The number of furan rings is 1. The predicted octanol–water partition coefficient (Wildman–Crippen LogP) is 4.89. The second-order valence-corrected chi connectivity index (χ2v) is 6.29. The third-order valence-corrected chi connectivity index (χ3v) is 4.91. The molecule has 1 aromatic carbocycles. The second-order valence-electron chi connectivity index (χ2n) is 5.43. The Kier molecular flexibility index (Phi) is 4.40. The molecule has 0 amide bonds. The first-order valence-corrected chi connectivity index (χ1v) is 7.66. The van der Waals surface area contributed by atoms with Gasteiger partial charge in [-0.15, -0.1) is 0 Å². The van der Waals surface area contributed by atoms with Gasteiger partial charge in [-0.25, -0.2) is 0 Å². The predicted molar refractivity (Wildman–Crippen MR) is 87.4 cm³/mol. The molecule has 0 spiro atoms. The van der Waals surface area contributed by atoms with Crippen LogP contribution in [-0.2, 0) is 0 Å². The van der Waals surface area contributed by atoms with E-state index in [0.717, 1.165) is 16.0 Å². The van der Waals surface area contributed by atoms with Gasteiger partial charge in [0.2, 0.25) is 0 Å². The highest BCUT2D eigenvalue weighted by Crippen LogP contribution is 2.34. The fourth-order valence-electron chi connectivity index (χ4n) is 2.80. The Morgan fingerprint density at radius 1 is 1.00 bits per heavy atom. The molecule has 0 aliphatic carbocycles. The molecule has 0 aliphatic heterocycles. The normalized spacial score (nSPS) is 12.8. The van der Waals surface area contributed by atoms with E-state index in [1.807, 2.05) is 20.9 Å². The maximum absolute atomic E-state index is 5.79. The van der Waals surface area contributed by atoms with Crippen molar-refractivity contribution >= 4 is 15.9 Å². The first kappa shape index (κ1) is 15.3. The lowest BCUT2D eigenvalue weighted by Gasteiger charge is -2.21. The molecule has 2 nitrogen and oxygen atoms in total. The van der Waals surface area contributed by atoms with E-state index >= 15 is 0 Å². The number of aryl methyl sites for hydroxylation is 4. The van der Waals surface area contributed by atoms with Crippen LogP contribution in [-0.4, -0.2) is 7.05 Å². The highest BCUT2D eigenvalue weighted by Gasteiger charge is 2.23. The molecule has 108 valence electrons. The molecular weight excluding hydrogens is 314 g/mol. The number of rotatable bonds is 3. The Morgan fingerprint density at radius 3 is 2.15 bits per heavy atom. The zero-order valence-corrected chi connectivity index (χ0v) is 14.6.